The van der Waals surface area contributed by atoms with Crippen LogP contribution in [0.5, 0.6) is 0 Å². The van der Waals surface area contributed by atoms with E-state index in [9.17, 15) is 4.79 Å². The first kappa shape index (κ1) is 11.7. The SMILES string of the molecule is O=C(O)c1cccc(-c2csc(-c3ccco3)n2)c1. The van der Waals surface area contributed by atoms with Crippen LogP contribution >= 0.6 is 11.3 Å². The number of rotatable bonds is 3. The Balaban J connectivity index is 1.99. The van der Waals surface area contributed by atoms with Crippen molar-refractivity contribution in [3.63, 3.8) is 0 Å². The van der Waals surface area contributed by atoms with Crippen molar-refractivity contribution in [1.82, 2.24) is 4.98 Å². The molecule has 5 heteroatoms. The van der Waals surface area contributed by atoms with Gasteiger partial charge in [0, 0.05) is 10.9 Å². The number of thiazole rings is 1. The maximum absolute atomic E-state index is 10.9. The lowest BCUT2D eigenvalue weighted by molar-refractivity contribution is 0.0697. The number of aromatic carboxylic acids is 1. The Morgan fingerprint density at radius 1 is 1.26 bits per heavy atom. The summed E-state index contributed by atoms with van der Waals surface area (Å²) in [5.74, 6) is -0.228. The number of furan rings is 1. The van der Waals surface area contributed by atoms with Crippen LogP contribution in [0.1, 0.15) is 10.4 Å². The van der Waals surface area contributed by atoms with Crippen LogP contribution in [0.2, 0.25) is 0 Å². The van der Waals surface area contributed by atoms with Gasteiger partial charge < -0.3 is 9.52 Å². The maximum Gasteiger partial charge on any atom is 0.335 e. The van der Waals surface area contributed by atoms with E-state index >= 15 is 0 Å². The number of hydrogen-bond acceptors (Lipinski definition) is 4. The van der Waals surface area contributed by atoms with Gasteiger partial charge in [-0.3, -0.25) is 0 Å². The van der Waals surface area contributed by atoms with Crippen molar-refractivity contribution in [2.45, 2.75) is 0 Å². The molecule has 3 aromatic rings. The molecule has 0 radical (unpaired) electrons. The average Bonchev–Trinajstić information content (AvgIpc) is 3.09. The molecule has 0 fully saturated rings. The Labute approximate surface area is 113 Å². The van der Waals surface area contributed by atoms with Crippen LogP contribution in [-0.4, -0.2) is 16.1 Å². The second-order valence-electron chi connectivity index (χ2n) is 3.90. The number of carboxylic acids is 1. The van der Waals surface area contributed by atoms with E-state index in [-0.39, 0.29) is 5.56 Å². The van der Waals surface area contributed by atoms with E-state index in [4.69, 9.17) is 9.52 Å². The second kappa shape index (κ2) is 4.70. The fourth-order valence-electron chi connectivity index (χ4n) is 1.73. The normalized spacial score (nSPS) is 10.5. The molecule has 3 rings (SSSR count). The molecule has 4 nitrogen and oxygen atoms in total. The van der Waals surface area contributed by atoms with E-state index in [0.717, 1.165) is 16.3 Å². The Hall–Kier alpha value is -2.40. The highest BCUT2D eigenvalue weighted by Gasteiger charge is 2.10. The van der Waals surface area contributed by atoms with Crippen LogP contribution in [0.3, 0.4) is 0 Å². The maximum atomic E-state index is 10.9. The molecule has 0 unspecified atom stereocenters. The van der Waals surface area contributed by atoms with Gasteiger partial charge in [-0.2, -0.15) is 0 Å². The van der Waals surface area contributed by atoms with E-state index in [0.29, 0.717) is 5.76 Å². The van der Waals surface area contributed by atoms with E-state index in [1.54, 1.807) is 24.5 Å². The summed E-state index contributed by atoms with van der Waals surface area (Å²) in [5, 5.41) is 11.6. The van der Waals surface area contributed by atoms with Crippen LogP contribution in [-0.2, 0) is 0 Å². The highest BCUT2D eigenvalue weighted by atomic mass is 32.1. The van der Waals surface area contributed by atoms with E-state index in [2.05, 4.69) is 4.98 Å². The summed E-state index contributed by atoms with van der Waals surface area (Å²) in [5.41, 5.74) is 1.79. The van der Waals surface area contributed by atoms with Gasteiger partial charge >= 0.3 is 5.97 Å². The molecule has 2 heterocycles. The first-order valence-electron chi connectivity index (χ1n) is 5.57. The molecule has 0 atom stereocenters. The third-order valence-electron chi connectivity index (χ3n) is 2.64. The van der Waals surface area contributed by atoms with E-state index in [1.165, 1.54) is 11.3 Å². The van der Waals surface area contributed by atoms with Gasteiger partial charge in [-0.1, -0.05) is 12.1 Å². The molecule has 0 bridgehead atoms. The Bertz CT molecular complexity index is 716. The number of carbonyl (C=O) groups is 1. The summed E-state index contributed by atoms with van der Waals surface area (Å²) in [6, 6.07) is 10.4. The highest BCUT2D eigenvalue weighted by Crippen LogP contribution is 2.29. The second-order valence-corrected chi connectivity index (χ2v) is 4.76. The molecule has 0 aliphatic rings. The molecule has 0 saturated carbocycles. The smallest absolute Gasteiger partial charge is 0.335 e. The lowest BCUT2D eigenvalue weighted by Gasteiger charge is -1.98. The number of hydrogen-bond donors (Lipinski definition) is 1. The largest absolute Gasteiger partial charge is 0.478 e. The van der Waals surface area contributed by atoms with Crippen molar-refractivity contribution in [2.75, 3.05) is 0 Å². The summed E-state index contributed by atoms with van der Waals surface area (Å²) in [7, 11) is 0. The van der Waals surface area contributed by atoms with Crippen LogP contribution in [0.25, 0.3) is 22.0 Å². The summed E-state index contributed by atoms with van der Waals surface area (Å²) in [6.45, 7) is 0. The van der Waals surface area contributed by atoms with Gasteiger partial charge in [0.2, 0.25) is 0 Å². The first-order valence-corrected chi connectivity index (χ1v) is 6.45. The number of nitrogens with zero attached hydrogens (tertiary/aromatic N) is 1. The van der Waals surface area contributed by atoms with Crippen LogP contribution in [0.15, 0.2) is 52.5 Å². The molecule has 0 spiro atoms. The van der Waals surface area contributed by atoms with E-state index < -0.39 is 5.97 Å². The topological polar surface area (TPSA) is 63.3 Å². The molecular weight excluding hydrogens is 262 g/mol. The van der Waals surface area contributed by atoms with Crippen molar-refractivity contribution < 1.29 is 14.3 Å². The quantitative estimate of drug-likeness (QED) is 0.787. The number of aromatic nitrogens is 1. The Morgan fingerprint density at radius 2 is 2.16 bits per heavy atom. The zero-order valence-corrected chi connectivity index (χ0v) is 10.6. The van der Waals surface area contributed by atoms with Crippen molar-refractivity contribution in [3.05, 3.63) is 53.6 Å². The summed E-state index contributed by atoms with van der Waals surface area (Å²) in [6.07, 6.45) is 1.60. The monoisotopic (exact) mass is 271 g/mol. The first-order chi connectivity index (χ1) is 9.24. The Kier molecular flexibility index (Phi) is 2.89. The van der Waals surface area contributed by atoms with Crippen LogP contribution in [0, 0.1) is 0 Å². The molecule has 2 aromatic heterocycles. The van der Waals surface area contributed by atoms with Gasteiger partial charge in [0.25, 0.3) is 0 Å². The summed E-state index contributed by atoms with van der Waals surface area (Å²) >= 11 is 1.46. The fraction of sp³-hybridized carbons (Fsp3) is 0. The van der Waals surface area contributed by atoms with Gasteiger partial charge in [-0.15, -0.1) is 11.3 Å². The molecule has 0 aliphatic carbocycles. The lowest BCUT2D eigenvalue weighted by atomic mass is 10.1. The van der Waals surface area contributed by atoms with Gasteiger partial charge in [-0.25, -0.2) is 9.78 Å². The average molecular weight is 271 g/mol. The standard InChI is InChI=1S/C14H9NO3S/c16-14(17)10-4-1-3-9(7-10)11-8-19-13(15-11)12-5-2-6-18-12/h1-8H,(H,16,17). The minimum absolute atomic E-state index is 0.255. The van der Waals surface area contributed by atoms with Crippen molar-refractivity contribution in [3.8, 4) is 22.0 Å². The number of benzene rings is 1. The molecule has 19 heavy (non-hydrogen) atoms. The van der Waals surface area contributed by atoms with Gasteiger partial charge in [0.05, 0.1) is 17.5 Å². The summed E-state index contributed by atoms with van der Waals surface area (Å²) < 4.78 is 5.28. The molecule has 1 N–H and O–H groups in total. The highest BCUT2D eigenvalue weighted by molar-refractivity contribution is 7.13. The molecular formula is C14H9NO3S. The van der Waals surface area contributed by atoms with Crippen molar-refractivity contribution in [1.29, 1.82) is 0 Å². The Morgan fingerprint density at radius 3 is 2.89 bits per heavy atom. The third kappa shape index (κ3) is 2.28. The zero-order chi connectivity index (χ0) is 13.2. The molecule has 1 aromatic carbocycles. The molecule has 94 valence electrons. The summed E-state index contributed by atoms with van der Waals surface area (Å²) in [4.78, 5) is 15.4. The zero-order valence-electron chi connectivity index (χ0n) is 9.74. The minimum Gasteiger partial charge on any atom is -0.478 e. The van der Waals surface area contributed by atoms with Crippen LogP contribution in [0.4, 0.5) is 0 Å². The van der Waals surface area contributed by atoms with Crippen LogP contribution < -0.4 is 0 Å². The number of carboxylic acid groups (broad SMARTS) is 1. The predicted octanol–water partition coefficient (Wildman–Crippen LogP) is 3.77. The van der Waals surface area contributed by atoms with Gasteiger partial charge in [0.1, 0.15) is 0 Å². The van der Waals surface area contributed by atoms with Crippen molar-refractivity contribution in [2.24, 2.45) is 0 Å². The lowest BCUT2D eigenvalue weighted by Crippen LogP contribution is -1.95. The molecule has 0 aliphatic heterocycles. The minimum atomic E-state index is -0.941. The third-order valence-corrected chi connectivity index (χ3v) is 3.50. The predicted molar refractivity (Wildman–Crippen MR) is 72.2 cm³/mol. The van der Waals surface area contributed by atoms with Gasteiger partial charge in [0.15, 0.2) is 10.8 Å². The fourth-order valence-corrected chi connectivity index (χ4v) is 2.53. The van der Waals surface area contributed by atoms with Gasteiger partial charge in [-0.05, 0) is 24.3 Å². The molecule has 0 amide bonds. The van der Waals surface area contributed by atoms with E-state index in [1.807, 2.05) is 23.6 Å². The molecule has 0 saturated heterocycles. The van der Waals surface area contributed by atoms with Crippen molar-refractivity contribution >= 4 is 17.3 Å².